The van der Waals surface area contributed by atoms with E-state index in [1.165, 1.54) is 44.9 Å². The van der Waals surface area contributed by atoms with Gasteiger partial charge in [0.2, 0.25) is 0 Å². The standard InChI is InChI=1S/C12H18ClN3/c13-12-11(15-8-10(14)16-12)9-6-4-2-1-3-5-7-9/h8-9H,1-7H2,(H2,14,16). The Morgan fingerprint density at radius 2 is 1.75 bits per heavy atom. The van der Waals surface area contributed by atoms with Gasteiger partial charge in [0, 0.05) is 5.92 Å². The molecule has 1 aromatic rings. The Kier molecular flexibility index (Phi) is 3.99. The molecule has 4 heteroatoms. The first-order valence-corrected chi connectivity index (χ1v) is 6.43. The van der Waals surface area contributed by atoms with E-state index in [2.05, 4.69) is 9.97 Å². The van der Waals surface area contributed by atoms with Crippen LogP contribution in [0.4, 0.5) is 5.82 Å². The molecule has 0 aliphatic heterocycles. The van der Waals surface area contributed by atoms with Gasteiger partial charge in [-0.3, -0.25) is 4.98 Å². The third-order valence-corrected chi connectivity index (χ3v) is 3.54. The zero-order chi connectivity index (χ0) is 11.4. The highest BCUT2D eigenvalue weighted by Gasteiger charge is 2.18. The number of anilines is 1. The van der Waals surface area contributed by atoms with Gasteiger partial charge in [-0.05, 0) is 12.8 Å². The van der Waals surface area contributed by atoms with Crippen LogP contribution in [0.25, 0.3) is 0 Å². The lowest BCUT2D eigenvalue weighted by atomic mass is 9.89. The highest BCUT2D eigenvalue weighted by atomic mass is 35.5. The highest BCUT2D eigenvalue weighted by molar-refractivity contribution is 6.30. The minimum Gasteiger partial charge on any atom is -0.382 e. The van der Waals surface area contributed by atoms with E-state index in [-0.39, 0.29) is 0 Å². The van der Waals surface area contributed by atoms with Crippen LogP contribution in [0.5, 0.6) is 0 Å². The Hall–Kier alpha value is -0.830. The zero-order valence-electron chi connectivity index (χ0n) is 9.45. The Balaban J connectivity index is 2.14. The summed E-state index contributed by atoms with van der Waals surface area (Å²) in [6.07, 6.45) is 10.5. The number of halogens is 1. The van der Waals surface area contributed by atoms with E-state index in [9.17, 15) is 0 Å². The Labute approximate surface area is 101 Å². The molecular formula is C12H18ClN3. The van der Waals surface area contributed by atoms with E-state index < -0.39 is 0 Å². The molecule has 16 heavy (non-hydrogen) atoms. The van der Waals surface area contributed by atoms with Crippen LogP contribution < -0.4 is 5.73 Å². The van der Waals surface area contributed by atoms with Gasteiger partial charge < -0.3 is 5.73 Å². The van der Waals surface area contributed by atoms with Crippen molar-refractivity contribution in [2.75, 3.05) is 5.73 Å². The molecule has 0 saturated heterocycles. The number of rotatable bonds is 1. The minimum absolute atomic E-state index is 0.402. The number of nitrogens with zero attached hydrogens (tertiary/aromatic N) is 2. The van der Waals surface area contributed by atoms with Crippen molar-refractivity contribution in [1.29, 1.82) is 0 Å². The van der Waals surface area contributed by atoms with Gasteiger partial charge in [0.1, 0.15) is 5.82 Å². The van der Waals surface area contributed by atoms with E-state index in [1.807, 2.05) is 0 Å². The lowest BCUT2D eigenvalue weighted by Gasteiger charge is -2.19. The Morgan fingerprint density at radius 3 is 2.38 bits per heavy atom. The van der Waals surface area contributed by atoms with E-state index in [4.69, 9.17) is 17.3 Å². The largest absolute Gasteiger partial charge is 0.382 e. The maximum Gasteiger partial charge on any atom is 0.153 e. The van der Waals surface area contributed by atoms with E-state index in [0.717, 1.165) is 5.69 Å². The first-order valence-electron chi connectivity index (χ1n) is 6.05. The van der Waals surface area contributed by atoms with Crippen molar-refractivity contribution < 1.29 is 0 Å². The van der Waals surface area contributed by atoms with Crippen molar-refractivity contribution in [3.05, 3.63) is 17.0 Å². The minimum atomic E-state index is 0.402. The van der Waals surface area contributed by atoms with Gasteiger partial charge in [-0.2, -0.15) is 0 Å². The molecular weight excluding hydrogens is 222 g/mol. The van der Waals surface area contributed by atoms with Crippen LogP contribution in [0.3, 0.4) is 0 Å². The van der Waals surface area contributed by atoms with Crippen LogP contribution in [0.2, 0.25) is 5.15 Å². The molecule has 3 nitrogen and oxygen atoms in total. The average molecular weight is 240 g/mol. The zero-order valence-corrected chi connectivity index (χ0v) is 10.2. The summed E-state index contributed by atoms with van der Waals surface area (Å²) in [5.74, 6) is 0.875. The van der Waals surface area contributed by atoms with E-state index in [1.54, 1.807) is 6.20 Å². The van der Waals surface area contributed by atoms with E-state index in [0.29, 0.717) is 16.9 Å². The second-order valence-corrected chi connectivity index (χ2v) is 4.87. The summed E-state index contributed by atoms with van der Waals surface area (Å²) in [6, 6.07) is 0. The van der Waals surface area contributed by atoms with Crippen LogP contribution >= 0.6 is 11.6 Å². The van der Waals surface area contributed by atoms with Gasteiger partial charge in [-0.15, -0.1) is 0 Å². The van der Waals surface area contributed by atoms with Crippen molar-refractivity contribution in [3.8, 4) is 0 Å². The summed E-state index contributed by atoms with van der Waals surface area (Å²) < 4.78 is 0. The molecule has 0 bridgehead atoms. The van der Waals surface area contributed by atoms with Crippen LogP contribution in [0.15, 0.2) is 6.20 Å². The third kappa shape index (κ3) is 2.85. The summed E-state index contributed by atoms with van der Waals surface area (Å²) >= 11 is 6.10. The van der Waals surface area contributed by atoms with Crippen LogP contribution in [0, 0.1) is 0 Å². The molecule has 88 valence electrons. The van der Waals surface area contributed by atoms with Gasteiger partial charge in [-0.25, -0.2) is 4.98 Å². The topological polar surface area (TPSA) is 51.8 Å². The van der Waals surface area contributed by atoms with Gasteiger partial charge in [0.15, 0.2) is 5.15 Å². The fourth-order valence-corrected chi connectivity index (χ4v) is 2.69. The lowest BCUT2D eigenvalue weighted by molar-refractivity contribution is 0.449. The number of nitrogen functional groups attached to an aromatic ring is 1. The molecule has 2 rings (SSSR count). The molecule has 0 spiro atoms. The fourth-order valence-electron chi connectivity index (χ4n) is 2.39. The predicted molar refractivity (Wildman–Crippen MR) is 66.5 cm³/mol. The number of nitrogens with two attached hydrogens (primary N) is 1. The Morgan fingerprint density at radius 1 is 1.12 bits per heavy atom. The Bertz CT molecular complexity index is 346. The van der Waals surface area contributed by atoms with Gasteiger partial charge >= 0.3 is 0 Å². The van der Waals surface area contributed by atoms with Gasteiger partial charge in [-0.1, -0.05) is 43.7 Å². The molecule has 1 heterocycles. The smallest absolute Gasteiger partial charge is 0.153 e. The van der Waals surface area contributed by atoms with Crippen LogP contribution in [0.1, 0.15) is 56.6 Å². The SMILES string of the molecule is Nc1cnc(C2CCCCCCC2)c(Cl)n1. The summed E-state index contributed by atoms with van der Waals surface area (Å²) in [7, 11) is 0. The average Bonchev–Trinajstić information content (AvgIpc) is 2.19. The van der Waals surface area contributed by atoms with Crippen molar-refractivity contribution in [2.24, 2.45) is 0 Å². The van der Waals surface area contributed by atoms with Crippen molar-refractivity contribution in [1.82, 2.24) is 9.97 Å². The molecule has 0 amide bonds. The lowest BCUT2D eigenvalue weighted by Crippen LogP contribution is -2.07. The predicted octanol–water partition coefficient (Wildman–Crippen LogP) is 3.54. The van der Waals surface area contributed by atoms with E-state index >= 15 is 0 Å². The monoisotopic (exact) mass is 239 g/mol. The van der Waals surface area contributed by atoms with Crippen molar-refractivity contribution in [3.63, 3.8) is 0 Å². The van der Waals surface area contributed by atoms with Crippen molar-refractivity contribution in [2.45, 2.75) is 50.9 Å². The quantitative estimate of drug-likeness (QED) is 0.816. The second kappa shape index (κ2) is 5.48. The normalized spacial score (nSPS) is 19.1. The molecule has 0 aromatic carbocycles. The molecule has 0 atom stereocenters. The second-order valence-electron chi connectivity index (χ2n) is 4.51. The summed E-state index contributed by atoms with van der Waals surface area (Å²) in [5, 5.41) is 0.491. The number of hydrogen-bond donors (Lipinski definition) is 1. The van der Waals surface area contributed by atoms with Crippen LogP contribution in [-0.4, -0.2) is 9.97 Å². The van der Waals surface area contributed by atoms with Crippen LogP contribution in [-0.2, 0) is 0 Å². The maximum atomic E-state index is 6.10. The molecule has 0 unspecified atom stereocenters. The summed E-state index contributed by atoms with van der Waals surface area (Å²) in [5.41, 5.74) is 6.50. The number of hydrogen-bond acceptors (Lipinski definition) is 3. The van der Waals surface area contributed by atoms with Gasteiger partial charge in [0.05, 0.1) is 11.9 Å². The summed E-state index contributed by atoms with van der Waals surface area (Å²) in [6.45, 7) is 0. The summed E-state index contributed by atoms with van der Waals surface area (Å²) in [4.78, 5) is 8.44. The first kappa shape index (κ1) is 11.6. The molecule has 1 saturated carbocycles. The fraction of sp³-hybridized carbons (Fsp3) is 0.667. The molecule has 1 aliphatic carbocycles. The molecule has 0 radical (unpaired) electrons. The molecule has 2 N–H and O–H groups in total. The van der Waals surface area contributed by atoms with Crippen molar-refractivity contribution >= 4 is 17.4 Å². The third-order valence-electron chi connectivity index (χ3n) is 3.27. The highest BCUT2D eigenvalue weighted by Crippen LogP contribution is 2.32. The molecule has 1 aromatic heterocycles. The molecule has 1 aliphatic rings. The number of aromatic nitrogens is 2. The van der Waals surface area contributed by atoms with Gasteiger partial charge in [0.25, 0.3) is 0 Å². The molecule has 1 fully saturated rings. The first-order chi connectivity index (χ1) is 7.77. The maximum absolute atomic E-state index is 6.10.